The average molecular weight is 222 g/mol. The van der Waals surface area contributed by atoms with Gasteiger partial charge in [0.1, 0.15) is 10.9 Å². The van der Waals surface area contributed by atoms with E-state index in [4.69, 9.17) is 16.3 Å². The number of aliphatic imine (C=N–C) groups is 1. The standard InChI is InChI=1S/C12H12ClNO/c1-8-9-4-3-5-11(15-2)10(9)6-7-12(13)14-8/h3-6H,7H2,1-2H3. The van der Waals surface area contributed by atoms with Crippen molar-refractivity contribution in [3.8, 4) is 5.75 Å². The van der Waals surface area contributed by atoms with Crippen LogP contribution in [0.15, 0.2) is 23.2 Å². The molecule has 0 aliphatic carbocycles. The predicted octanol–water partition coefficient (Wildman–Crippen LogP) is 1.64. The van der Waals surface area contributed by atoms with Crippen molar-refractivity contribution in [3.05, 3.63) is 28.6 Å². The molecule has 2 nitrogen and oxygen atoms in total. The summed E-state index contributed by atoms with van der Waals surface area (Å²) in [6.45, 7) is 1.96. The molecule has 1 aromatic carbocycles. The molecule has 1 heterocycles. The van der Waals surface area contributed by atoms with E-state index in [0.717, 1.165) is 21.9 Å². The lowest BCUT2D eigenvalue weighted by atomic mass is 10.2. The summed E-state index contributed by atoms with van der Waals surface area (Å²) >= 11 is 5.96. The molecule has 0 saturated heterocycles. The van der Waals surface area contributed by atoms with Crippen LogP contribution in [0.5, 0.6) is 5.75 Å². The number of halogens is 1. The first-order valence-electron chi connectivity index (χ1n) is 4.79. The van der Waals surface area contributed by atoms with E-state index in [1.807, 2.05) is 25.1 Å². The van der Waals surface area contributed by atoms with E-state index in [2.05, 4.69) is 11.1 Å². The molecule has 0 bridgehead atoms. The molecule has 0 fully saturated rings. The third kappa shape index (κ3) is 1.90. The van der Waals surface area contributed by atoms with Gasteiger partial charge in [0.15, 0.2) is 0 Å². The Morgan fingerprint density at radius 2 is 2.20 bits per heavy atom. The summed E-state index contributed by atoms with van der Waals surface area (Å²) in [5, 5.41) is 2.78. The number of fused-ring (bicyclic) bond motifs is 1. The maximum Gasteiger partial charge on any atom is 0.126 e. The highest BCUT2D eigenvalue weighted by Gasteiger charge is 2.03. The van der Waals surface area contributed by atoms with Crippen molar-refractivity contribution in [1.29, 1.82) is 0 Å². The zero-order chi connectivity index (χ0) is 10.8. The van der Waals surface area contributed by atoms with Crippen molar-refractivity contribution in [2.45, 2.75) is 13.3 Å². The van der Waals surface area contributed by atoms with Crippen molar-refractivity contribution in [2.75, 3.05) is 7.11 Å². The largest absolute Gasteiger partial charge is 0.496 e. The zero-order valence-electron chi connectivity index (χ0n) is 8.75. The second-order valence-electron chi connectivity index (χ2n) is 3.40. The quantitative estimate of drug-likeness (QED) is 0.707. The molecule has 0 saturated carbocycles. The van der Waals surface area contributed by atoms with Crippen molar-refractivity contribution in [1.82, 2.24) is 0 Å². The van der Waals surface area contributed by atoms with Gasteiger partial charge in [-0.05, 0) is 13.0 Å². The van der Waals surface area contributed by atoms with Crippen LogP contribution in [0, 0.1) is 0 Å². The van der Waals surface area contributed by atoms with Crippen LogP contribution in [-0.2, 0) is 0 Å². The summed E-state index contributed by atoms with van der Waals surface area (Å²) in [5.41, 5.74) is 0.933. The molecular weight excluding hydrogens is 210 g/mol. The maximum atomic E-state index is 5.96. The van der Waals surface area contributed by atoms with Gasteiger partial charge < -0.3 is 4.74 Å². The Morgan fingerprint density at radius 1 is 1.40 bits per heavy atom. The Morgan fingerprint density at radius 3 is 2.93 bits per heavy atom. The van der Waals surface area contributed by atoms with E-state index in [9.17, 15) is 0 Å². The van der Waals surface area contributed by atoms with Crippen molar-refractivity contribution in [2.24, 2.45) is 4.99 Å². The second-order valence-corrected chi connectivity index (χ2v) is 3.84. The molecular formula is C12H12ClNO. The van der Waals surface area contributed by atoms with E-state index in [1.54, 1.807) is 7.11 Å². The molecule has 1 aliphatic heterocycles. The number of methoxy groups -OCH3 is 1. The van der Waals surface area contributed by atoms with Crippen molar-refractivity contribution in [3.63, 3.8) is 0 Å². The average Bonchev–Trinajstić information content (AvgIpc) is 2.38. The minimum Gasteiger partial charge on any atom is -0.496 e. The summed E-state index contributed by atoms with van der Waals surface area (Å²) in [7, 11) is 1.67. The molecule has 0 atom stereocenters. The van der Waals surface area contributed by atoms with E-state index in [1.165, 1.54) is 0 Å². The number of ether oxygens (including phenoxy) is 1. The molecule has 3 heteroatoms. The second kappa shape index (κ2) is 4.07. The fourth-order valence-electron chi connectivity index (χ4n) is 1.72. The smallest absolute Gasteiger partial charge is 0.126 e. The van der Waals surface area contributed by atoms with Gasteiger partial charge in [-0.1, -0.05) is 29.8 Å². The molecule has 0 amide bonds. The van der Waals surface area contributed by atoms with E-state index in [0.29, 0.717) is 11.6 Å². The highest BCUT2D eigenvalue weighted by molar-refractivity contribution is 6.66. The van der Waals surface area contributed by atoms with Gasteiger partial charge in [0.2, 0.25) is 0 Å². The van der Waals surface area contributed by atoms with Crippen molar-refractivity contribution >= 4 is 28.5 Å². The first-order chi connectivity index (χ1) is 7.22. The van der Waals surface area contributed by atoms with Crippen LogP contribution < -0.4 is 15.2 Å². The fraction of sp³-hybridized carbons (Fsp3) is 0.250. The lowest BCUT2D eigenvalue weighted by Crippen LogP contribution is -2.26. The Bertz CT molecular complexity index is 531. The van der Waals surface area contributed by atoms with Crippen LogP contribution in [0.2, 0.25) is 0 Å². The number of hydrogen-bond donors (Lipinski definition) is 0. The molecule has 0 radical (unpaired) electrons. The number of nitrogens with zero attached hydrogens (tertiary/aromatic N) is 1. The number of benzene rings is 1. The lowest BCUT2D eigenvalue weighted by molar-refractivity contribution is 0.411. The topological polar surface area (TPSA) is 21.6 Å². The summed E-state index contributed by atoms with van der Waals surface area (Å²) in [6.07, 6.45) is 2.71. The number of hydrogen-bond acceptors (Lipinski definition) is 2. The molecule has 15 heavy (non-hydrogen) atoms. The van der Waals surface area contributed by atoms with Gasteiger partial charge in [0, 0.05) is 22.6 Å². The summed E-state index contributed by atoms with van der Waals surface area (Å²) in [6, 6.07) is 5.94. The van der Waals surface area contributed by atoms with Gasteiger partial charge in [-0.3, -0.25) is 0 Å². The minimum absolute atomic E-state index is 0.616. The highest BCUT2D eigenvalue weighted by Crippen LogP contribution is 2.07. The molecule has 2 rings (SSSR count). The molecule has 0 aromatic heterocycles. The van der Waals surface area contributed by atoms with Crippen LogP contribution in [0.4, 0.5) is 0 Å². The Kier molecular flexibility index (Phi) is 2.78. The molecule has 78 valence electrons. The summed E-state index contributed by atoms with van der Waals surface area (Å²) in [5.74, 6) is 0.869. The van der Waals surface area contributed by atoms with Gasteiger partial charge in [-0.15, -0.1) is 0 Å². The SMILES string of the molecule is COc1cccc2c1=CCC(Cl)=NC=2C. The van der Waals surface area contributed by atoms with Gasteiger partial charge in [-0.2, -0.15) is 0 Å². The van der Waals surface area contributed by atoms with Crippen LogP contribution in [0.3, 0.4) is 0 Å². The number of rotatable bonds is 1. The molecule has 1 aliphatic rings. The molecule has 0 spiro atoms. The molecule has 0 N–H and O–H groups in total. The first-order valence-corrected chi connectivity index (χ1v) is 5.17. The maximum absolute atomic E-state index is 5.96. The third-order valence-corrected chi connectivity index (χ3v) is 2.68. The summed E-state index contributed by atoms with van der Waals surface area (Å²) in [4.78, 5) is 4.31. The van der Waals surface area contributed by atoms with Crippen LogP contribution in [0.25, 0.3) is 11.8 Å². The van der Waals surface area contributed by atoms with Gasteiger partial charge >= 0.3 is 0 Å². The summed E-state index contributed by atoms with van der Waals surface area (Å²) < 4.78 is 5.31. The first kappa shape index (κ1) is 10.2. The van der Waals surface area contributed by atoms with Gasteiger partial charge in [0.05, 0.1) is 7.11 Å². The lowest BCUT2D eigenvalue weighted by Gasteiger charge is -2.01. The van der Waals surface area contributed by atoms with Crippen LogP contribution in [0.1, 0.15) is 13.3 Å². The van der Waals surface area contributed by atoms with E-state index < -0.39 is 0 Å². The fourth-order valence-corrected chi connectivity index (χ4v) is 1.93. The monoisotopic (exact) mass is 221 g/mol. The normalized spacial score (nSPS) is 14.9. The van der Waals surface area contributed by atoms with E-state index in [-0.39, 0.29) is 0 Å². The Hall–Kier alpha value is -1.28. The predicted molar refractivity (Wildman–Crippen MR) is 63.7 cm³/mol. The van der Waals surface area contributed by atoms with Gasteiger partial charge in [-0.25, -0.2) is 4.99 Å². The molecule has 1 aromatic rings. The molecule has 0 unspecified atom stereocenters. The van der Waals surface area contributed by atoms with E-state index >= 15 is 0 Å². The van der Waals surface area contributed by atoms with Crippen LogP contribution in [-0.4, -0.2) is 12.3 Å². The van der Waals surface area contributed by atoms with Crippen LogP contribution >= 0.6 is 11.6 Å². The Balaban J connectivity index is 2.83. The zero-order valence-corrected chi connectivity index (χ0v) is 9.51. The highest BCUT2D eigenvalue weighted by atomic mass is 35.5. The van der Waals surface area contributed by atoms with Gasteiger partial charge in [0.25, 0.3) is 0 Å². The minimum atomic E-state index is 0.616. The Labute approximate surface area is 93.5 Å². The third-order valence-electron chi connectivity index (χ3n) is 2.44. The van der Waals surface area contributed by atoms with Crippen molar-refractivity contribution < 1.29 is 4.74 Å².